The van der Waals surface area contributed by atoms with Gasteiger partial charge in [-0.05, 0) is 5.92 Å². The zero-order chi connectivity index (χ0) is 6.85. The Morgan fingerprint density at radius 2 is 2.22 bits per heavy atom. The third-order valence-electron chi connectivity index (χ3n) is 1.20. The van der Waals surface area contributed by atoms with Crippen molar-refractivity contribution in [3.05, 3.63) is 12.4 Å². The lowest BCUT2D eigenvalue weighted by Crippen LogP contribution is -2.04. The second kappa shape index (κ2) is 2.13. The van der Waals surface area contributed by atoms with Crippen molar-refractivity contribution in [1.82, 2.24) is 0 Å². The molecule has 1 aliphatic heterocycles. The molecule has 1 rings (SSSR count). The summed E-state index contributed by atoms with van der Waals surface area (Å²) in [5.41, 5.74) is 1.03. The largest absolute Gasteiger partial charge is 0.236 e. The molecule has 0 amide bonds. The lowest BCUT2D eigenvalue weighted by Gasteiger charge is -1.96. The van der Waals surface area contributed by atoms with Crippen molar-refractivity contribution < 1.29 is 0 Å². The van der Waals surface area contributed by atoms with E-state index >= 15 is 0 Å². The highest BCUT2D eigenvalue weighted by atomic mass is 15.0. The van der Waals surface area contributed by atoms with Crippen LogP contribution in [0.2, 0.25) is 0 Å². The Kier molecular flexibility index (Phi) is 1.47. The van der Waals surface area contributed by atoms with Crippen LogP contribution in [-0.4, -0.2) is 11.9 Å². The molecule has 9 heavy (non-hydrogen) atoms. The van der Waals surface area contributed by atoms with E-state index in [1.165, 1.54) is 0 Å². The van der Waals surface area contributed by atoms with Gasteiger partial charge < -0.3 is 0 Å². The molecule has 0 bridgehead atoms. The fourth-order valence-corrected chi connectivity index (χ4v) is 0.626. The van der Waals surface area contributed by atoms with Crippen LogP contribution in [0, 0.1) is 5.92 Å². The molecule has 0 aromatic carbocycles. The Morgan fingerprint density at radius 3 is 2.44 bits per heavy atom. The normalized spacial score (nSPS) is 17.2. The van der Waals surface area contributed by atoms with E-state index in [-0.39, 0.29) is 0 Å². The van der Waals surface area contributed by atoms with Crippen molar-refractivity contribution in [2.45, 2.75) is 13.8 Å². The first-order valence-corrected chi connectivity index (χ1v) is 3.01. The van der Waals surface area contributed by atoms with E-state index in [1.807, 2.05) is 0 Å². The predicted molar refractivity (Wildman–Crippen MR) is 39.9 cm³/mol. The smallest absolute Gasteiger partial charge is 0.145 e. The van der Waals surface area contributed by atoms with Gasteiger partial charge in [-0.25, -0.2) is 9.98 Å². The van der Waals surface area contributed by atoms with Gasteiger partial charge in [0.05, 0.1) is 11.9 Å². The van der Waals surface area contributed by atoms with Gasteiger partial charge in [-0.2, -0.15) is 0 Å². The molecule has 0 atom stereocenters. The van der Waals surface area contributed by atoms with Crippen LogP contribution in [0.3, 0.4) is 0 Å². The maximum Gasteiger partial charge on any atom is 0.145 e. The SMILES string of the molecule is C=C1N=CC(C(C)C)=N1. The summed E-state index contributed by atoms with van der Waals surface area (Å²) in [5, 5.41) is 0. The van der Waals surface area contributed by atoms with Crippen molar-refractivity contribution >= 4 is 11.9 Å². The molecular weight excluding hydrogens is 112 g/mol. The number of hydrogen-bond acceptors (Lipinski definition) is 2. The van der Waals surface area contributed by atoms with Crippen LogP contribution in [-0.2, 0) is 0 Å². The van der Waals surface area contributed by atoms with Gasteiger partial charge in [0, 0.05) is 0 Å². The van der Waals surface area contributed by atoms with E-state index in [0.717, 1.165) is 5.71 Å². The molecule has 0 saturated heterocycles. The summed E-state index contributed by atoms with van der Waals surface area (Å²) in [5.74, 6) is 1.09. The minimum absolute atomic E-state index is 0.466. The Labute approximate surface area is 55.0 Å². The molecule has 0 aliphatic carbocycles. The van der Waals surface area contributed by atoms with Crippen LogP contribution < -0.4 is 0 Å². The zero-order valence-corrected chi connectivity index (χ0v) is 5.76. The molecule has 0 radical (unpaired) electrons. The first-order valence-electron chi connectivity index (χ1n) is 3.01. The molecule has 0 spiro atoms. The topological polar surface area (TPSA) is 24.7 Å². The maximum absolute atomic E-state index is 4.09. The number of nitrogens with zero attached hydrogens (tertiary/aromatic N) is 2. The minimum atomic E-state index is 0.466. The van der Waals surface area contributed by atoms with Gasteiger partial charge in [0.25, 0.3) is 0 Å². The molecular formula is C7H10N2. The first-order chi connectivity index (χ1) is 4.20. The van der Waals surface area contributed by atoms with Crippen molar-refractivity contribution in [2.24, 2.45) is 15.9 Å². The van der Waals surface area contributed by atoms with Gasteiger partial charge in [0.2, 0.25) is 0 Å². The Bertz CT molecular complexity index is 187. The van der Waals surface area contributed by atoms with E-state index < -0.39 is 0 Å². The third-order valence-corrected chi connectivity index (χ3v) is 1.20. The molecule has 0 aromatic heterocycles. The van der Waals surface area contributed by atoms with E-state index in [1.54, 1.807) is 6.21 Å². The quantitative estimate of drug-likeness (QED) is 0.505. The standard InChI is InChI=1S/C7H10N2/c1-5(2)7-4-8-6(3)9-7/h4-5H,3H2,1-2H3. The summed E-state index contributed by atoms with van der Waals surface area (Å²) >= 11 is 0. The van der Waals surface area contributed by atoms with E-state index in [9.17, 15) is 0 Å². The molecule has 0 saturated carbocycles. The molecule has 48 valence electrons. The number of rotatable bonds is 1. The summed E-state index contributed by atoms with van der Waals surface area (Å²) in [4.78, 5) is 8.00. The van der Waals surface area contributed by atoms with Gasteiger partial charge >= 0.3 is 0 Å². The Hall–Kier alpha value is -0.920. The lowest BCUT2D eigenvalue weighted by atomic mass is 10.1. The van der Waals surface area contributed by atoms with Crippen LogP contribution in [0.1, 0.15) is 13.8 Å². The molecule has 2 nitrogen and oxygen atoms in total. The van der Waals surface area contributed by atoms with Crippen LogP contribution in [0.25, 0.3) is 0 Å². The predicted octanol–water partition coefficient (Wildman–Crippen LogP) is 1.64. The molecule has 0 aromatic rings. The summed E-state index contributed by atoms with van der Waals surface area (Å²) in [7, 11) is 0. The van der Waals surface area contributed by atoms with Gasteiger partial charge in [-0.15, -0.1) is 0 Å². The number of hydrogen-bond donors (Lipinski definition) is 0. The van der Waals surface area contributed by atoms with Gasteiger partial charge in [-0.1, -0.05) is 20.4 Å². The van der Waals surface area contributed by atoms with E-state index in [2.05, 4.69) is 30.4 Å². The second-order valence-electron chi connectivity index (χ2n) is 2.37. The number of aliphatic imine (C=N–C) groups is 2. The van der Waals surface area contributed by atoms with Crippen molar-refractivity contribution in [3.8, 4) is 0 Å². The van der Waals surface area contributed by atoms with Gasteiger partial charge in [0.1, 0.15) is 5.82 Å². The highest BCUT2D eigenvalue weighted by molar-refractivity contribution is 6.33. The zero-order valence-electron chi connectivity index (χ0n) is 5.76. The van der Waals surface area contributed by atoms with E-state index in [0.29, 0.717) is 11.7 Å². The van der Waals surface area contributed by atoms with Crippen LogP contribution in [0.15, 0.2) is 22.4 Å². The molecule has 0 N–H and O–H groups in total. The molecule has 1 aliphatic rings. The average molecular weight is 122 g/mol. The average Bonchev–Trinajstić information content (AvgIpc) is 2.14. The maximum atomic E-state index is 4.09. The van der Waals surface area contributed by atoms with Crippen molar-refractivity contribution in [2.75, 3.05) is 0 Å². The fraction of sp³-hybridized carbons (Fsp3) is 0.429. The van der Waals surface area contributed by atoms with Crippen LogP contribution >= 0.6 is 0 Å². The van der Waals surface area contributed by atoms with Crippen LogP contribution in [0.4, 0.5) is 0 Å². The van der Waals surface area contributed by atoms with Crippen molar-refractivity contribution in [3.63, 3.8) is 0 Å². The van der Waals surface area contributed by atoms with Gasteiger partial charge in [-0.3, -0.25) is 0 Å². The Morgan fingerprint density at radius 1 is 1.56 bits per heavy atom. The molecule has 1 heterocycles. The Balaban J connectivity index is 2.75. The van der Waals surface area contributed by atoms with Crippen molar-refractivity contribution in [1.29, 1.82) is 0 Å². The fourth-order valence-electron chi connectivity index (χ4n) is 0.626. The monoisotopic (exact) mass is 122 g/mol. The summed E-state index contributed by atoms with van der Waals surface area (Å²) in [6.07, 6.45) is 1.77. The molecule has 0 unspecified atom stereocenters. The summed E-state index contributed by atoms with van der Waals surface area (Å²) in [6.45, 7) is 7.77. The second-order valence-corrected chi connectivity index (χ2v) is 2.37. The minimum Gasteiger partial charge on any atom is -0.236 e. The molecule has 2 heteroatoms. The summed E-state index contributed by atoms with van der Waals surface area (Å²) < 4.78 is 0. The third kappa shape index (κ3) is 1.25. The highest BCUT2D eigenvalue weighted by Crippen LogP contribution is 2.07. The molecule has 0 fully saturated rings. The highest BCUT2D eigenvalue weighted by Gasteiger charge is 2.06. The van der Waals surface area contributed by atoms with Gasteiger partial charge in [0.15, 0.2) is 0 Å². The first kappa shape index (κ1) is 6.20. The summed E-state index contributed by atoms with van der Waals surface area (Å²) in [6, 6.07) is 0. The van der Waals surface area contributed by atoms with Crippen LogP contribution in [0.5, 0.6) is 0 Å². The lowest BCUT2D eigenvalue weighted by molar-refractivity contribution is 0.896. The van der Waals surface area contributed by atoms with E-state index in [4.69, 9.17) is 0 Å².